The predicted octanol–water partition coefficient (Wildman–Crippen LogP) is 5.52. The van der Waals surface area contributed by atoms with Crippen molar-refractivity contribution >= 4 is 29.2 Å². The van der Waals surface area contributed by atoms with Crippen molar-refractivity contribution in [3.05, 3.63) is 71.9 Å². The number of anilines is 2. The number of benzene rings is 2. The smallest absolute Gasteiger partial charge is 0.363 e. The van der Waals surface area contributed by atoms with Gasteiger partial charge in [-0.1, -0.05) is 42.5 Å². The molecule has 0 saturated carbocycles. The van der Waals surface area contributed by atoms with Crippen molar-refractivity contribution in [1.82, 2.24) is 9.78 Å². The van der Waals surface area contributed by atoms with Gasteiger partial charge in [0.25, 0.3) is 5.91 Å². The summed E-state index contributed by atoms with van der Waals surface area (Å²) in [5.74, 6) is -0.391. The highest BCUT2D eigenvalue weighted by molar-refractivity contribution is 7.98. The molecule has 30 heavy (non-hydrogen) atoms. The number of carbonyl (C=O) groups excluding carboxylic acids is 1. The molecule has 5 nitrogen and oxygen atoms in total. The quantitative estimate of drug-likeness (QED) is 0.533. The van der Waals surface area contributed by atoms with E-state index in [0.29, 0.717) is 5.69 Å². The lowest BCUT2D eigenvalue weighted by molar-refractivity contribution is -0.173. The van der Waals surface area contributed by atoms with E-state index in [4.69, 9.17) is 0 Å². The molecule has 4 rings (SSSR count). The lowest BCUT2D eigenvalue weighted by Gasteiger charge is -2.33. The number of rotatable bonds is 4. The molecular formula is C21H19F3N4OS. The van der Waals surface area contributed by atoms with E-state index in [0.717, 1.165) is 15.1 Å². The molecule has 1 aliphatic rings. The van der Waals surface area contributed by atoms with Crippen LogP contribution >= 0.6 is 11.8 Å². The van der Waals surface area contributed by atoms with Gasteiger partial charge in [0.2, 0.25) is 0 Å². The fourth-order valence-corrected chi connectivity index (χ4v) is 4.08. The van der Waals surface area contributed by atoms with Crippen molar-refractivity contribution in [1.29, 1.82) is 0 Å². The van der Waals surface area contributed by atoms with Crippen molar-refractivity contribution in [2.45, 2.75) is 29.6 Å². The van der Waals surface area contributed by atoms with Crippen LogP contribution in [0, 0.1) is 0 Å². The molecule has 0 bridgehead atoms. The van der Waals surface area contributed by atoms with Gasteiger partial charge in [-0.05, 0) is 24.0 Å². The summed E-state index contributed by atoms with van der Waals surface area (Å²) in [7, 11) is 0. The van der Waals surface area contributed by atoms with Crippen LogP contribution < -0.4 is 10.6 Å². The monoisotopic (exact) mass is 432 g/mol. The zero-order chi connectivity index (χ0) is 21.3. The molecule has 1 aromatic heterocycles. The molecule has 3 aromatic rings. The summed E-state index contributed by atoms with van der Waals surface area (Å²) in [6, 6.07) is 15.2. The third-order valence-electron chi connectivity index (χ3n) is 4.98. The predicted molar refractivity (Wildman–Crippen MR) is 111 cm³/mol. The first-order chi connectivity index (χ1) is 14.4. The van der Waals surface area contributed by atoms with E-state index in [2.05, 4.69) is 15.7 Å². The summed E-state index contributed by atoms with van der Waals surface area (Å²) in [6.45, 7) is 0. The highest BCUT2D eigenvalue weighted by Crippen LogP contribution is 2.43. The number of alkyl halides is 3. The molecule has 2 heterocycles. The van der Waals surface area contributed by atoms with Gasteiger partial charge in [0, 0.05) is 17.4 Å². The summed E-state index contributed by atoms with van der Waals surface area (Å²) < 4.78 is 42.2. The minimum Gasteiger partial charge on any atom is -0.363 e. The molecule has 0 aliphatic carbocycles. The zero-order valence-corrected chi connectivity index (χ0v) is 16.8. The number of carbonyl (C=O) groups is 1. The van der Waals surface area contributed by atoms with Crippen molar-refractivity contribution in [2.75, 3.05) is 16.9 Å². The topological polar surface area (TPSA) is 59.0 Å². The molecule has 0 saturated heterocycles. The molecule has 0 fully saturated rings. The molecule has 2 N–H and O–H groups in total. The number of hydrogen-bond donors (Lipinski definition) is 2. The zero-order valence-electron chi connectivity index (χ0n) is 16.0. The summed E-state index contributed by atoms with van der Waals surface area (Å²) in [5, 5.41) is 9.83. The number of nitrogens with zero attached hydrogens (tertiary/aromatic N) is 2. The summed E-state index contributed by atoms with van der Waals surface area (Å²) in [6.07, 6.45) is -2.82. The molecule has 0 radical (unpaired) electrons. The first kappa shape index (κ1) is 20.3. The second-order valence-corrected chi connectivity index (χ2v) is 7.76. The van der Waals surface area contributed by atoms with Crippen LogP contribution in [0.15, 0.2) is 65.6 Å². The fourth-order valence-electron chi connectivity index (χ4n) is 3.52. The number of nitrogens with one attached hydrogen (secondary N) is 2. The van der Waals surface area contributed by atoms with Gasteiger partial charge < -0.3 is 10.6 Å². The Morgan fingerprint density at radius 3 is 2.57 bits per heavy atom. The van der Waals surface area contributed by atoms with Gasteiger partial charge in [-0.2, -0.15) is 18.3 Å². The van der Waals surface area contributed by atoms with Gasteiger partial charge in [0.15, 0.2) is 11.7 Å². The van der Waals surface area contributed by atoms with Crippen LogP contribution in [0.2, 0.25) is 0 Å². The van der Waals surface area contributed by atoms with E-state index < -0.39 is 24.2 Å². The van der Waals surface area contributed by atoms with Crippen LogP contribution in [0.5, 0.6) is 0 Å². The Labute approximate surface area is 175 Å². The molecular weight excluding hydrogens is 413 g/mol. The fraction of sp³-hybridized carbons (Fsp3) is 0.238. The van der Waals surface area contributed by atoms with Gasteiger partial charge in [-0.15, -0.1) is 11.8 Å². The van der Waals surface area contributed by atoms with E-state index >= 15 is 0 Å². The number of amides is 1. The van der Waals surface area contributed by atoms with E-state index in [9.17, 15) is 18.0 Å². The van der Waals surface area contributed by atoms with Crippen LogP contribution in [0.25, 0.3) is 0 Å². The number of halogens is 3. The number of fused-ring (bicyclic) bond motifs is 1. The molecule has 0 spiro atoms. The van der Waals surface area contributed by atoms with Crippen molar-refractivity contribution in [3.8, 4) is 0 Å². The van der Waals surface area contributed by atoms with Gasteiger partial charge in [0.05, 0.1) is 11.7 Å². The minimum absolute atomic E-state index is 0.0728. The van der Waals surface area contributed by atoms with Gasteiger partial charge in [-0.25, -0.2) is 4.68 Å². The lowest BCUT2D eigenvalue weighted by Crippen LogP contribution is -2.35. The van der Waals surface area contributed by atoms with E-state index in [-0.39, 0.29) is 17.9 Å². The van der Waals surface area contributed by atoms with Crippen LogP contribution in [-0.2, 0) is 0 Å². The van der Waals surface area contributed by atoms with Crippen molar-refractivity contribution in [2.24, 2.45) is 0 Å². The molecule has 2 unspecified atom stereocenters. The average Bonchev–Trinajstić information content (AvgIpc) is 3.17. The van der Waals surface area contributed by atoms with Crippen LogP contribution in [0.3, 0.4) is 0 Å². The number of aromatic nitrogens is 2. The van der Waals surface area contributed by atoms with E-state index in [1.165, 1.54) is 17.8 Å². The number of para-hydroxylation sites is 1. The van der Waals surface area contributed by atoms with Crippen LogP contribution in [0.4, 0.5) is 24.7 Å². The molecule has 9 heteroatoms. The second-order valence-electron chi connectivity index (χ2n) is 6.91. The Morgan fingerprint density at radius 1 is 1.17 bits per heavy atom. The Morgan fingerprint density at radius 2 is 1.87 bits per heavy atom. The summed E-state index contributed by atoms with van der Waals surface area (Å²) in [5.41, 5.74) is 1.26. The van der Waals surface area contributed by atoms with E-state index in [1.807, 2.05) is 24.5 Å². The lowest BCUT2D eigenvalue weighted by atomic mass is 9.97. The van der Waals surface area contributed by atoms with Crippen LogP contribution in [-0.4, -0.2) is 28.1 Å². The van der Waals surface area contributed by atoms with Gasteiger partial charge in [0.1, 0.15) is 5.82 Å². The molecule has 1 aliphatic heterocycles. The Hall–Kier alpha value is -2.94. The Kier molecular flexibility index (Phi) is 5.46. The summed E-state index contributed by atoms with van der Waals surface area (Å²) in [4.78, 5) is 13.6. The van der Waals surface area contributed by atoms with Crippen molar-refractivity contribution < 1.29 is 18.0 Å². The highest BCUT2D eigenvalue weighted by Gasteiger charge is 2.46. The number of thioether (sulfide) groups is 1. The maximum Gasteiger partial charge on any atom is 0.410 e. The van der Waals surface area contributed by atoms with Gasteiger partial charge >= 0.3 is 6.18 Å². The third-order valence-corrected chi connectivity index (χ3v) is 5.78. The summed E-state index contributed by atoms with van der Waals surface area (Å²) >= 11 is 1.46. The highest BCUT2D eigenvalue weighted by atomic mass is 32.2. The first-order valence-corrected chi connectivity index (χ1v) is 10.5. The van der Waals surface area contributed by atoms with Gasteiger partial charge in [-0.3, -0.25) is 4.79 Å². The maximum atomic E-state index is 13.8. The first-order valence-electron chi connectivity index (χ1n) is 9.29. The normalized spacial score (nSPS) is 18.4. The average molecular weight is 432 g/mol. The molecule has 2 atom stereocenters. The largest absolute Gasteiger partial charge is 0.410 e. The second kappa shape index (κ2) is 8.06. The maximum absolute atomic E-state index is 13.8. The standard InChI is InChI=1S/C21H19F3N4OS/c1-30-17-10-6-5-9-14(17)26-20(29)16-12-19-25-15(13-7-3-2-4-8-13)11-18(21(22,23)24)28(19)27-16/h2-10,12,15,18,25H,11H2,1H3,(H,26,29). The Bertz CT molecular complexity index is 1050. The van der Waals surface area contributed by atoms with Crippen LogP contribution in [0.1, 0.15) is 34.6 Å². The van der Waals surface area contributed by atoms with Crippen molar-refractivity contribution in [3.63, 3.8) is 0 Å². The molecule has 2 aromatic carbocycles. The Balaban J connectivity index is 1.65. The van der Waals surface area contributed by atoms with E-state index in [1.54, 1.807) is 36.4 Å². The third kappa shape index (κ3) is 4.02. The number of hydrogen-bond acceptors (Lipinski definition) is 4. The minimum atomic E-state index is -4.49. The molecule has 156 valence electrons. The SMILES string of the molecule is CSc1ccccc1NC(=O)c1cc2n(n1)C(C(F)(F)F)CC(c1ccccc1)N2. The molecule has 1 amide bonds.